The molecule has 0 aromatic rings. The molecule has 0 nitrogen and oxygen atoms in total. The maximum atomic E-state index is 2.39. The van der Waals surface area contributed by atoms with Crippen molar-refractivity contribution in [1.82, 2.24) is 0 Å². The molecule has 52 valence electrons. The minimum atomic E-state index is 0.659. The average molecular weight is 124 g/mol. The van der Waals surface area contributed by atoms with Crippen molar-refractivity contribution < 1.29 is 0 Å². The second-order valence-corrected chi connectivity index (χ2v) is 4.35. The van der Waals surface area contributed by atoms with Gasteiger partial charge in [-0.15, -0.1) is 0 Å². The molecule has 0 aromatic heterocycles. The molecule has 0 atom stereocenters. The van der Waals surface area contributed by atoms with E-state index in [1.165, 1.54) is 25.7 Å². The predicted molar refractivity (Wildman–Crippen MR) is 44.5 cm³/mol. The lowest BCUT2D eigenvalue weighted by Crippen LogP contribution is -2.16. The van der Waals surface area contributed by atoms with Crippen LogP contribution < -0.4 is 0 Å². The van der Waals surface area contributed by atoms with Gasteiger partial charge in [-0.05, 0) is 5.92 Å². The van der Waals surface area contributed by atoms with E-state index in [0.29, 0.717) is 5.31 Å². The summed E-state index contributed by atoms with van der Waals surface area (Å²) in [5.41, 5.74) is 0. The van der Waals surface area contributed by atoms with E-state index in [0.717, 1.165) is 5.92 Å². The molecular weight excluding hydrogens is 107 g/mol. The van der Waals surface area contributed by atoms with Crippen molar-refractivity contribution in [3.05, 3.63) is 0 Å². The van der Waals surface area contributed by atoms with Crippen molar-refractivity contribution in [2.75, 3.05) is 0 Å². The van der Waals surface area contributed by atoms with E-state index in [9.17, 15) is 0 Å². The summed E-state index contributed by atoms with van der Waals surface area (Å²) in [6.45, 7) is 4.76. The summed E-state index contributed by atoms with van der Waals surface area (Å²) < 4.78 is 0. The highest BCUT2D eigenvalue weighted by Crippen LogP contribution is 2.41. The molecule has 0 spiro atoms. The zero-order valence-electron chi connectivity index (χ0n) is 6.91. The van der Waals surface area contributed by atoms with Gasteiger partial charge in [-0.2, -0.15) is 0 Å². The monoisotopic (exact) mass is 124 g/mol. The standard InChI is InChI=1S/C8H17B/c1-7-3-5-8(2,9)6-4-7/h7H,3-6,9H2,1-2H3. The van der Waals surface area contributed by atoms with E-state index < -0.39 is 0 Å². The van der Waals surface area contributed by atoms with Crippen LogP contribution >= 0.6 is 0 Å². The zero-order valence-corrected chi connectivity index (χ0v) is 6.91. The highest BCUT2D eigenvalue weighted by atomic mass is 14.3. The molecule has 9 heavy (non-hydrogen) atoms. The molecule has 0 heterocycles. The first kappa shape index (κ1) is 7.18. The summed E-state index contributed by atoms with van der Waals surface area (Å²) in [6.07, 6.45) is 5.78. The van der Waals surface area contributed by atoms with Crippen LogP contribution in [0.3, 0.4) is 0 Å². The van der Waals surface area contributed by atoms with Crippen LogP contribution in [0.1, 0.15) is 39.5 Å². The molecule has 0 amide bonds. The summed E-state index contributed by atoms with van der Waals surface area (Å²) >= 11 is 0. The Balaban J connectivity index is 2.35. The number of hydrogen-bond acceptors (Lipinski definition) is 0. The van der Waals surface area contributed by atoms with E-state index >= 15 is 0 Å². The molecule has 0 aromatic carbocycles. The summed E-state index contributed by atoms with van der Waals surface area (Å²) in [5, 5.41) is 0.659. The molecular formula is C8H17B. The van der Waals surface area contributed by atoms with Crippen LogP contribution in [0.4, 0.5) is 0 Å². The van der Waals surface area contributed by atoms with Crippen LogP contribution in [-0.2, 0) is 0 Å². The molecule has 1 aliphatic carbocycles. The number of hydrogen-bond donors (Lipinski definition) is 0. The third-order valence-electron chi connectivity index (χ3n) is 2.63. The van der Waals surface area contributed by atoms with Crippen molar-refractivity contribution in [3.63, 3.8) is 0 Å². The lowest BCUT2D eigenvalue weighted by atomic mass is 9.60. The third kappa shape index (κ3) is 2.04. The van der Waals surface area contributed by atoms with Crippen molar-refractivity contribution in [3.8, 4) is 0 Å². The molecule has 0 unspecified atom stereocenters. The van der Waals surface area contributed by atoms with Gasteiger partial charge in [0.2, 0.25) is 0 Å². The van der Waals surface area contributed by atoms with Gasteiger partial charge >= 0.3 is 0 Å². The Hall–Kier alpha value is 0.0649. The molecule has 1 saturated carbocycles. The van der Waals surface area contributed by atoms with Crippen LogP contribution in [0, 0.1) is 5.92 Å². The molecule has 1 fully saturated rings. The first-order valence-corrected chi connectivity index (χ1v) is 4.10. The van der Waals surface area contributed by atoms with Crippen LogP contribution in [0.2, 0.25) is 5.31 Å². The Morgan fingerprint density at radius 3 is 2.11 bits per heavy atom. The van der Waals surface area contributed by atoms with Crippen molar-refractivity contribution in [2.24, 2.45) is 5.92 Å². The highest BCUT2D eigenvalue weighted by molar-refractivity contribution is 6.14. The average Bonchev–Trinajstić information content (AvgIpc) is 1.78. The van der Waals surface area contributed by atoms with Crippen molar-refractivity contribution >= 4 is 7.85 Å². The van der Waals surface area contributed by atoms with Crippen LogP contribution in [0.25, 0.3) is 0 Å². The van der Waals surface area contributed by atoms with Crippen molar-refractivity contribution in [1.29, 1.82) is 0 Å². The SMILES string of the molecule is BC1(C)CCC(C)CC1. The van der Waals surface area contributed by atoms with Crippen LogP contribution in [-0.4, -0.2) is 7.85 Å². The summed E-state index contributed by atoms with van der Waals surface area (Å²) in [7, 11) is 2.39. The topological polar surface area (TPSA) is 0 Å². The lowest BCUT2D eigenvalue weighted by Gasteiger charge is -2.32. The molecule has 0 radical (unpaired) electrons. The Bertz CT molecular complexity index is 86.7. The Kier molecular flexibility index (Phi) is 1.88. The Morgan fingerprint density at radius 2 is 1.78 bits per heavy atom. The van der Waals surface area contributed by atoms with Gasteiger partial charge in [0.15, 0.2) is 0 Å². The first-order valence-electron chi connectivity index (χ1n) is 4.10. The molecule has 0 bridgehead atoms. The van der Waals surface area contributed by atoms with E-state index in [-0.39, 0.29) is 0 Å². The second-order valence-electron chi connectivity index (χ2n) is 4.35. The maximum absolute atomic E-state index is 2.39. The molecule has 0 saturated heterocycles. The second kappa shape index (κ2) is 2.36. The van der Waals surface area contributed by atoms with Crippen molar-refractivity contribution in [2.45, 2.75) is 44.8 Å². The molecule has 0 N–H and O–H groups in total. The van der Waals surface area contributed by atoms with Crippen LogP contribution in [0.5, 0.6) is 0 Å². The molecule has 1 rings (SSSR count). The molecule has 1 heteroatoms. The largest absolute Gasteiger partial charge is 0.109 e. The van der Waals surface area contributed by atoms with Crippen LogP contribution in [0.15, 0.2) is 0 Å². The van der Waals surface area contributed by atoms with Gasteiger partial charge in [-0.3, -0.25) is 0 Å². The van der Waals surface area contributed by atoms with E-state index in [1.807, 2.05) is 0 Å². The predicted octanol–water partition coefficient (Wildman–Crippen LogP) is 2.01. The molecule has 1 aliphatic rings. The van der Waals surface area contributed by atoms with Gasteiger partial charge in [0.25, 0.3) is 0 Å². The van der Waals surface area contributed by atoms with Gasteiger partial charge in [-0.25, -0.2) is 0 Å². The maximum Gasteiger partial charge on any atom is 0.109 e. The summed E-state index contributed by atoms with van der Waals surface area (Å²) in [4.78, 5) is 0. The smallest absolute Gasteiger partial charge is 0.0669 e. The number of rotatable bonds is 0. The van der Waals surface area contributed by atoms with E-state index in [1.54, 1.807) is 0 Å². The van der Waals surface area contributed by atoms with E-state index in [4.69, 9.17) is 0 Å². The van der Waals surface area contributed by atoms with E-state index in [2.05, 4.69) is 21.7 Å². The first-order chi connectivity index (χ1) is 4.10. The third-order valence-corrected chi connectivity index (χ3v) is 2.63. The Labute approximate surface area is 59.4 Å². The van der Waals surface area contributed by atoms with Gasteiger partial charge in [-0.1, -0.05) is 44.8 Å². The highest BCUT2D eigenvalue weighted by Gasteiger charge is 2.23. The van der Waals surface area contributed by atoms with Gasteiger partial charge in [0, 0.05) is 0 Å². The summed E-state index contributed by atoms with van der Waals surface area (Å²) in [5.74, 6) is 0.998. The minimum absolute atomic E-state index is 0.659. The normalized spacial score (nSPS) is 44.9. The summed E-state index contributed by atoms with van der Waals surface area (Å²) in [6, 6.07) is 0. The van der Waals surface area contributed by atoms with Gasteiger partial charge in [0.05, 0.1) is 0 Å². The minimum Gasteiger partial charge on any atom is -0.0669 e. The Morgan fingerprint density at radius 1 is 1.33 bits per heavy atom. The molecule has 0 aliphatic heterocycles. The quantitative estimate of drug-likeness (QED) is 0.433. The fourth-order valence-electron chi connectivity index (χ4n) is 1.54. The fourth-order valence-corrected chi connectivity index (χ4v) is 1.54. The lowest BCUT2D eigenvalue weighted by molar-refractivity contribution is 0.322. The zero-order chi connectivity index (χ0) is 6.91. The van der Waals surface area contributed by atoms with Gasteiger partial charge < -0.3 is 0 Å². The van der Waals surface area contributed by atoms with Gasteiger partial charge in [0.1, 0.15) is 7.85 Å². The fraction of sp³-hybridized carbons (Fsp3) is 1.00.